The highest BCUT2D eigenvalue weighted by Gasteiger charge is 2.69. The Kier molecular flexibility index (Phi) is 4.27. The van der Waals surface area contributed by atoms with Crippen LogP contribution in [0.3, 0.4) is 0 Å². The summed E-state index contributed by atoms with van der Waals surface area (Å²) >= 11 is 5.97. The van der Waals surface area contributed by atoms with E-state index in [2.05, 4.69) is 5.32 Å². The number of cyclic esters (lactones) is 1. The van der Waals surface area contributed by atoms with Crippen molar-refractivity contribution in [2.45, 2.75) is 45.3 Å². The van der Waals surface area contributed by atoms with E-state index in [0.29, 0.717) is 22.6 Å². The number of nitrogens with one attached hydrogen (secondary N) is 1. The van der Waals surface area contributed by atoms with E-state index in [-0.39, 0.29) is 13.0 Å². The number of carbonyl (C=O) groups excluding carboxylic acids is 3. The molecule has 0 radical (unpaired) electrons. The summed E-state index contributed by atoms with van der Waals surface area (Å²) in [5.41, 5.74) is -0.417. The third-order valence-electron chi connectivity index (χ3n) is 4.93. The van der Waals surface area contributed by atoms with Crippen molar-refractivity contribution in [2.75, 3.05) is 6.61 Å². The summed E-state index contributed by atoms with van der Waals surface area (Å²) in [6.07, 6.45) is -0.304. The van der Waals surface area contributed by atoms with Crippen LogP contribution in [-0.4, -0.2) is 36.1 Å². The lowest BCUT2D eigenvalue weighted by Gasteiger charge is -2.27. The van der Waals surface area contributed by atoms with Crippen molar-refractivity contribution in [1.82, 2.24) is 5.32 Å². The number of halogens is 1. The highest BCUT2D eigenvalue weighted by atomic mass is 35.5. The van der Waals surface area contributed by atoms with Gasteiger partial charge in [0, 0.05) is 16.9 Å². The molecule has 0 saturated heterocycles. The fourth-order valence-corrected chi connectivity index (χ4v) is 3.48. The second kappa shape index (κ2) is 6.02. The first-order chi connectivity index (χ1) is 11.7. The molecule has 1 aliphatic heterocycles. The Morgan fingerprint density at radius 2 is 2.08 bits per heavy atom. The lowest BCUT2D eigenvalue weighted by atomic mass is 9.97. The van der Waals surface area contributed by atoms with Crippen molar-refractivity contribution in [1.29, 1.82) is 0 Å². The Hall–Kier alpha value is -2.08. The summed E-state index contributed by atoms with van der Waals surface area (Å²) in [6.45, 7) is 5.71. The third-order valence-corrected chi connectivity index (χ3v) is 5.17. The molecule has 6 nitrogen and oxygen atoms in total. The van der Waals surface area contributed by atoms with Gasteiger partial charge in [-0.25, -0.2) is 9.59 Å². The molecule has 134 valence electrons. The van der Waals surface area contributed by atoms with Gasteiger partial charge in [0.15, 0.2) is 6.10 Å². The summed E-state index contributed by atoms with van der Waals surface area (Å²) in [7, 11) is 0. The van der Waals surface area contributed by atoms with Crippen LogP contribution in [0.1, 0.15) is 43.1 Å². The van der Waals surface area contributed by atoms with Crippen molar-refractivity contribution >= 4 is 29.4 Å². The monoisotopic (exact) mass is 365 g/mol. The van der Waals surface area contributed by atoms with Crippen LogP contribution in [0, 0.1) is 5.41 Å². The minimum Gasteiger partial charge on any atom is -0.464 e. The van der Waals surface area contributed by atoms with Crippen LogP contribution in [0.15, 0.2) is 18.2 Å². The van der Waals surface area contributed by atoms with Crippen molar-refractivity contribution in [3.05, 3.63) is 34.3 Å². The van der Waals surface area contributed by atoms with Crippen molar-refractivity contribution in [3.8, 4) is 0 Å². The number of hydrogen-bond acceptors (Lipinski definition) is 5. The molecule has 1 heterocycles. The standard InChI is InChI=1S/C18H20ClNO5/c1-4-24-16(23)18(9-17(18,2)3)20-14(21)13-8-10-7-11(19)5-6-12(10)15(22)25-13/h5-7,13H,4,8-9H2,1-3H3,(H,20,21). The lowest BCUT2D eigenvalue weighted by molar-refractivity contribution is -0.151. The molecule has 25 heavy (non-hydrogen) atoms. The molecular formula is C18H20ClNO5. The third kappa shape index (κ3) is 2.99. The SMILES string of the molecule is CCOC(=O)C1(NC(=O)C2Cc3cc(Cl)ccc3C(=O)O2)CC1(C)C. The number of benzene rings is 1. The number of carbonyl (C=O) groups is 3. The van der Waals surface area contributed by atoms with E-state index < -0.39 is 34.9 Å². The van der Waals surface area contributed by atoms with Gasteiger partial charge in [-0.05, 0) is 37.1 Å². The summed E-state index contributed by atoms with van der Waals surface area (Å²) in [5.74, 6) is -1.53. The van der Waals surface area contributed by atoms with Gasteiger partial charge in [-0.1, -0.05) is 25.4 Å². The smallest absolute Gasteiger partial charge is 0.339 e. The van der Waals surface area contributed by atoms with E-state index in [4.69, 9.17) is 21.1 Å². The molecule has 0 aromatic heterocycles. The molecule has 1 saturated carbocycles. The molecule has 2 aliphatic rings. The van der Waals surface area contributed by atoms with Gasteiger partial charge in [-0.2, -0.15) is 0 Å². The number of hydrogen-bond donors (Lipinski definition) is 1. The highest BCUT2D eigenvalue weighted by molar-refractivity contribution is 6.30. The zero-order chi connectivity index (χ0) is 18.4. The summed E-state index contributed by atoms with van der Waals surface area (Å²) in [6, 6.07) is 4.84. The quantitative estimate of drug-likeness (QED) is 0.828. The maximum Gasteiger partial charge on any atom is 0.339 e. The van der Waals surface area contributed by atoms with Crippen LogP contribution in [-0.2, 0) is 25.5 Å². The number of rotatable bonds is 4. The molecule has 1 aromatic rings. The second-order valence-corrected chi connectivity index (χ2v) is 7.51. The van der Waals surface area contributed by atoms with Crippen LogP contribution >= 0.6 is 11.6 Å². The molecule has 3 rings (SSSR count). The zero-order valence-electron chi connectivity index (χ0n) is 14.3. The topological polar surface area (TPSA) is 81.7 Å². The van der Waals surface area contributed by atoms with Gasteiger partial charge < -0.3 is 14.8 Å². The predicted octanol–water partition coefficient (Wildman–Crippen LogP) is 2.27. The fraction of sp³-hybridized carbons (Fsp3) is 0.500. The number of ether oxygens (including phenoxy) is 2. The molecule has 1 N–H and O–H groups in total. The first-order valence-corrected chi connectivity index (χ1v) is 8.56. The first-order valence-electron chi connectivity index (χ1n) is 8.19. The Labute approximate surface area is 150 Å². The first kappa shape index (κ1) is 17.7. The average molecular weight is 366 g/mol. The lowest BCUT2D eigenvalue weighted by Crippen LogP contribution is -2.52. The van der Waals surface area contributed by atoms with Gasteiger partial charge in [0.25, 0.3) is 5.91 Å². The molecule has 2 unspecified atom stereocenters. The van der Waals surface area contributed by atoms with Gasteiger partial charge in [0.05, 0.1) is 12.2 Å². The minimum absolute atomic E-state index is 0.215. The second-order valence-electron chi connectivity index (χ2n) is 7.08. The molecule has 1 aliphatic carbocycles. The van der Waals surface area contributed by atoms with E-state index in [1.54, 1.807) is 25.1 Å². The van der Waals surface area contributed by atoms with E-state index in [0.717, 1.165) is 0 Å². The molecule has 0 spiro atoms. The maximum absolute atomic E-state index is 12.7. The van der Waals surface area contributed by atoms with Crippen molar-refractivity contribution in [2.24, 2.45) is 5.41 Å². The van der Waals surface area contributed by atoms with E-state index in [9.17, 15) is 14.4 Å². The normalized spacial score (nSPS) is 26.2. The number of esters is 2. The highest BCUT2D eigenvalue weighted by Crippen LogP contribution is 2.56. The Morgan fingerprint density at radius 3 is 2.68 bits per heavy atom. The van der Waals surface area contributed by atoms with Crippen LogP contribution in [0.4, 0.5) is 0 Å². The Balaban J connectivity index is 1.78. The van der Waals surface area contributed by atoms with Gasteiger partial charge in [0.2, 0.25) is 0 Å². The van der Waals surface area contributed by atoms with Crippen LogP contribution < -0.4 is 5.32 Å². The summed E-state index contributed by atoms with van der Waals surface area (Å²) < 4.78 is 10.4. The van der Waals surface area contributed by atoms with Gasteiger partial charge in [-0.3, -0.25) is 4.79 Å². The average Bonchev–Trinajstić information content (AvgIpc) is 3.09. The molecule has 1 aromatic carbocycles. The number of fused-ring (bicyclic) bond motifs is 1. The van der Waals surface area contributed by atoms with Crippen LogP contribution in [0.2, 0.25) is 5.02 Å². The Morgan fingerprint density at radius 1 is 1.40 bits per heavy atom. The maximum atomic E-state index is 12.7. The van der Waals surface area contributed by atoms with Crippen LogP contribution in [0.5, 0.6) is 0 Å². The fourth-order valence-electron chi connectivity index (χ4n) is 3.29. The summed E-state index contributed by atoms with van der Waals surface area (Å²) in [5, 5.41) is 3.24. The summed E-state index contributed by atoms with van der Waals surface area (Å²) in [4.78, 5) is 37.1. The minimum atomic E-state index is -1.07. The van der Waals surface area contributed by atoms with Crippen molar-refractivity contribution < 1.29 is 23.9 Å². The largest absolute Gasteiger partial charge is 0.464 e. The van der Waals surface area contributed by atoms with Gasteiger partial charge in [0.1, 0.15) is 5.54 Å². The van der Waals surface area contributed by atoms with Gasteiger partial charge in [-0.15, -0.1) is 0 Å². The molecule has 7 heteroatoms. The van der Waals surface area contributed by atoms with E-state index in [1.165, 1.54) is 0 Å². The predicted molar refractivity (Wildman–Crippen MR) is 90.3 cm³/mol. The molecule has 1 fully saturated rings. The Bertz CT molecular complexity index is 760. The molecular weight excluding hydrogens is 346 g/mol. The van der Waals surface area contributed by atoms with Gasteiger partial charge >= 0.3 is 11.9 Å². The van der Waals surface area contributed by atoms with Crippen molar-refractivity contribution in [3.63, 3.8) is 0 Å². The number of amides is 1. The van der Waals surface area contributed by atoms with E-state index >= 15 is 0 Å². The zero-order valence-corrected chi connectivity index (χ0v) is 15.1. The van der Waals surface area contributed by atoms with Crippen LogP contribution in [0.25, 0.3) is 0 Å². The molecule has 0 bridgehead atoms. The molecule has 1 amide bonds. The molecule has 2 atom stereocenters. The van der Waals surface area contributed by atoms with E-state index in [1.807, 2.05) is 13.8 Å².